The molecule has 0 aliphatic carbocycles. The summed E-state index contributed by atoms with van der Waals surface area (Å²) in [7, 11) is -3.49. The van der Waals surface area contributed by atoms with E-state index in [1.165, 1.54) is 0 Å². The van der Waals surface area contributed by atoms with Crippen LogP contribution < -0.4 is 9.62 Å². The first-order valence-corrected chi connectivity index (χ1v) is 10.0. The topological polar surface area (TPSA) is 66.5 Å². The van der Waals surface area contributed by atoms with Gasteiger partial charge in [-0.2, -0.15) is 0 Å². The number of fused-ring (bicyclic) bond motifs is 1. The van der Waals surface area contributed by atoms with Crippen LogP contribution in [-0.4, -0.2) is 20.9 Å². The van der Waals surface area contributed by atoms with Gasteiger partial charge in [-0.1, -0.05) is 29.8 Å². The van der Waals surface area contributed by atoms with Crippen LogP contribution in [0.25, 0.3) is 0 Å². The molecular formula is C19H22N2O3S. The van der Waals surface area contributed by atoms with Gasteiger partial charge in [-0.25, -0.2) is 8.42 Å². The van der Waals surface area contributed by atoms with Crippen molar-refractivity contribution in [2.75, 3.05) is 16.2 Å². The largest absolute Gasteiger partial charge is 0.312 e. The van der Waals surface area contributed by atoms with E-state index in [1.807, 2.05) is 50.2 Å². The molecule has 0 unspecified atom stereocenters. The number of nitrogens with zero attached hydrogens (tertiary/aromatic N) is 1. The first-order valence-electron chi connectivity index (χ1n) is 8.37. The summed E-state index contributed by atoms with van der Waals surface area (Å²) in [6.45, 7) is 4.52. The zero-order chi connectivity index (χ0) is 18.0. The zero-order valence-corrected chi connectivity index (χ0v) is 15.3. The number of hydrogen-bond donors (Lipinski definition) is 1. The number of hydrogen-bond acceptors (Lipinski definition) is 3. The average molecular weight is 358 g/mol. The van der Waals surface area contributed by atoms with Gasteiger partial charge in [-0.15, -0.1) is 0 Å². The monoisotopic (exact) mass is 358 g/mol. The summed E-state index contributed by atoms with van der Waals surface area (Å²) in [5.74, 6) is 0.0481. The predicted molar refractivity (Wildman–Crippen MR) is 100 cm³/mol. The van der Waals surface area contributed by atoms with Crippen LogP contribution in [0.15, 0.2) is 42.5 Å². The Balaban J connectivity index is 1.78. The summed E-state index contributed by atoms with van der Waals surface area (Å²) >= 11 is 0. The molecule has 5 nitrogen and oxygen atoms in total. The highest BCUT2D eigenvalue weighted by atomic mass is 32.2. The quantitative estimate of drug-likeness (QED) is 0.892. The van der Waals surface area contributed by atoms with Gasteiger partial charge >= 0.3 is 0 Å². The lowest BCUT2D eigenvalue weighted by Gasteiger charge is -2.28. The number of benzene rings is 2. The van der Waals surface area contributed by atoms with Crippen LogP contribution in [0.1, 0.15) is 30.0 Å². The normalized spacial score (nSPS) is 14.3. The lowest BCUT2D eigenvalue weighted by Crippen LogP contribution is -2.34. The maximum Gasteiger partial charge on any atom is 0.236 e. The number of rotatable bonds is 5. The Bertz CT molecular complexity index is 889. The minimum absolute atomic E-state index is 0.0655. The second-order valence-electron chi connectivity index (χ2n) is 6.33. The minimum atomic E-state index is -3.49. The van der Waals surface area contributed by atoms with Crippen LogP contribution in [0.2, 0.25) is 0 Å². The van der Waals surface area contributed by atoms with Gasteiger partial charge in [0.15, 0.2) is 0 Å². The molecule has 0 fully saturated rings. The van der Waals surface area contributed by atoms with Crippen LogP contribution in [0.4, 0.5) is 11.4 Å². The summed E-state index contributed by atoms with van der Waals surface area (Å²) < 4.78 is 27.5. The van der Waals surface area contributed by atoms with Crippen LogP contribution in [0, 0.1) is 6.92 Å². The fourth-order valence-corrected chi connectivity index (χ4v) is 4.28. The number of aryl methyl sites for hydroxylation is 2. The van der Waals surface area contributed by atoms with Gasteiger partial charge < -0.3 is 4.90 Å². The lowest BCUT2D eigenvalue weighted by molar-refractivity contribution is -0.118. The molecule has 6 heteroatoms. The fourth-order valence-electron chi connectivity index (χ4n) is 3.09. The van der Waals surface area contributed by atoms with Crippen LogP contribution in [0.5, 0.6) is 0 Å². The van der Waals surface area contributed by atoms with E-state index >= 15 is 0 Å². The SMILES string of the molecule is CCN1C(=O)CCc2cc(NS(=O)(=O)Cc3ccc(C)cc3)ccc21. The van der Waals surface area contributed by atoms with E-state index < -0.39 is 10.0 Å². The van der Waals surface area contributed by atoms with Gasteiger partial charge in [0.2, 0.25) is 15.9 Å². The van der Waals surface area contributed by atoms with Crippen molar-refractivity contribution < 1.29 is 13.2 Å². The summed E-state index contributed by atoms with van der Waals surface area (Å²) in [5.41, 5.74) is 4.26. The number of amides is 1. The molecule has 1 aliphatic heterocycles. The lowest BCUT2D eigenvalue weighted by atomic mass is 10.0. The van der Waals surface area contributed by atoms with E-state index in [4.69, 9.17) is 0 Å². The molecule has 1 aliphatic rings. The molecule has 0 spiro atoms. The third-order valence-electron chi connectivity index (χ3n) is 4.35. The molecule has 0 atom stereocenters. The molecule has 3 rings (SSSR count). The van der Waals surface area contributed by atoms with E-state index in [2.05, 4.69) is 4.72 Å². The van der Waals surface area contributed by atoms with Crippen molar-refractivity contribution in [3.05, 3.63) is 59.2 Å². The van der Waals surface area contributed by atoms with Gasteiger partial charge in [-0.05, 0) is 49.6 Å². The van der Waals surface area contributed by atoms with Crippen LogP contribution >= 0.6 is 0 Å². The summed E-state index contributed by atoms with van der Waals surface area (Å²) in [6.07, 6.45) is 1.10. The molecule has 0 bridgehead atoms. The van der Waals surface area contributed by atoms with E-state index in [-0.39, 0.29) is 11.7 Å². The molecular weight excluding hydrogens is 336 g/mol. The Kier molecular flexibility index (Phi) is 4.81. The zero-order valence-electron chi connectivity index (χ0n) is 14.5. The van der Waals surface area contributed by atoms with Crippen molar-refractivity contribution in [1.82, 2.24) is 0 Å². The molecule has 1 amide bonds. The molecule has 0 aromatic heterocycles. The second-order valence-corrected chi connectivity index (χ2v) is 8.05. The van der Waals surface area contributed by atoms with Gasteiger partial charge in [-0.3, -0.25) is 9.52 Å². The van der Waals surface area contributed by atoms with Gasteiger partial charge in [0.25, 0.3) is 0 Å². The van der Waals surface area contributed by atoms with E-state index in [1.54, 1.807) is 11.0 Å². The maximum absolute atomic E-state index is 12.4. The van der Waals surface area contributed by atoms with Crippen LogP contribution in [0.3, 0.4) is 0 Å². The Hall–Kier alpha value is -2.34. The van der Waals surface area contributed by atoms with Crippen molar-refractivity contribution in [2.45, 2.75) is 32.4 Å². The van der Waals surface area contributed by atoms with E-state index in [9.17, 15) is 13.2 Å². The Morgan fingerprint density at radius 1 is 1.08 bits per heavy atom. The number of anilines is 2. The Morgan fingerprint density at radius 3 is 2.48 bits per heavy atom. The first-order chi connectivity index (χ1) is 11.9. The molecule has 2 aromatic rings. The molecule has 132 valence electrons. The molecule has 25 heavy (non-hydrogen) atoms. The minimum Gasteiger partial charge on any atom is -0.312 e. The highest BCUT2D eigenvalue weighted by Gasteiger charge is 2.23. The van der Waals surface area contributed by atoms with Crippen molar-refractivity contribution in [2.24, 2.45) is 0 Å². The Morgan fingerprint density at radius 2 is 1.80 bits per heavy atom. The number of nitrogens with one attached hydrogen (secondary N) is 1. The van der Waals surface area contributed by atoms with Crippen molar-refractivity contribution in [3.8, 4) is 0 Å². The van der Waals surface area contributed by atoms with Crippen molar-refractivity contribution in [1.29, 1.82) is 0 Å². The standard InChI is InChI=1S/C19H22N2O3S/c1-3-21-18-10-9-17(12-16(18)8-11-19(21)22)20-25(23,24)13-15-6-4-14(2)5-7-15/h4-7,9-10,12,20H,3,8,11,13H2,1-2H3. The molecule has 1 heterocycles. The molecule has 0 saturated heterocycles. The Labute approximate surface area is 148 Å². The molecule has 0 saturated carbocycles. The maximum atomic E-state index is 12.4. The second kappa shape index (κ2) is 6.88. The number of carbonyl (C=O) groups is 1. The van der Waals surface area contributed by atoms with Gasteiger partial charge in [0, 0.05) is 24.3 Å². The smallest absolute Gasteiger partial charge is 0.236 e. The first kappa shape index (κ1) is 17.5. The highest BCUT2D eigenvalue weighted by Crippen LogP contribution is 2.30. The van der Waals surface area contributed by atoms with E-state index in [0.717, 1.165) is 22.4 Å². The molecule has 2 aromatic carbocycles. The number of carbonyl (C=O) groups excluding carboxylic acids is 1. The third-order valence-corrected chi connectivity index (χ3v) is 5.61. The molecule has 1 N–H and O–H groups in total. The molecule has 0 radical (unpaired) electrons. The van der Waals surface area contributed by atoms with Crippen LogP contribution in [-0.2, 0) is 27.0 Å². The van der Waals surface area contributed by atoms with Crippen molar-refractivity contribution in [3.63, 3.8) is 0 Å². The highest BCUT2D eigenvalue weighted by molar-refractivity contribution is 7.91. The third kappa shape index (κ3) is 4.02. The number of sulfonamides is 1. The van der Waals surface area contributed by atoms with E-state index in [0.29, 0.717) is 25.1 Å². The average Bonchev–Trinajstić information content (AvgIpc) is 2.56. The van der Waals surface area contributed by atoms with Gasteiger partial charge in [0.05, 0.1) is 5.75 Å². The van der Waals surface area contributed by atoms with Crippen molar-refractivity contribution >= 4 is 27.3 Å². The van der Waals surface area contributed by atoms with Gasteiger partial charge in [0.1, 0.15) is 0 Å². The summed E-state index contributed by atoms with van der Waals surface area (Å²) in [4.78, 5) is 13.7. The summed E-state index contributed by atoms with van der Waals surface area (Å²) in [6, 6.07) is 12.8. The fraction of sp³-hybridized carbons (Fsp3) is 0.316. The predicted octanol–water partition coefficient (Wildman–Crippen LogP) is 3.24. The summed E-state index contributed by atoms with van der Waals surface area (Å²) in [5, 5.41) is 0.